The number of aryl methyl sites for hydroxylation is 1. The molecule has 4 heteroatoms. The number of hydrogen-bond acceptors (Lipinski definition) is 1. The van der Waals surface area contributed by atoms with Crippen LogP contribution >= 0.6 is 0 Å². The summed E-state index contributed by atoms with van der Waals surface area (Å²) in [5, 5.41) is 0. The summed E-state index contributed by atoms with van der Waals surface area (Å²) < 4.78 is 4.52. The highest BCUT2D eigenvalue weighted by atomic mass is 15.2. The molecule has 6 aromatic rings. The molecule has 30 heavy (non-hydrogen) atoms. The minimum Gasteiger partial charge on any atom is -0.277 e. The second kappa shape index (κ2) is 6.36. The van der Waals surface area contributed by atoms with Crippen molar-refractivity contribution in [1.29, 1.82) is 0 Å². The first-order chi connectivity index (χ1) is 14.7. The van der Waals surface area contributed by atoms with Crippen LogP contribution in [-0.2, 0) is 0 Å². The van der Waals surface area contributed by atoms with Crippen molar-refractivity contribution in [3.05, 3.63) is 96.6 Å². The third-order valence-corrected chi connectivity index (χ3v) is 5.83. The van der Waals surface area contributed by atoms with Crippen molar-refractivity contribution in [3.8, 4) is 16.8 Å². The Kier molecular flexibility index (Phi) is 3.63. The van der Waals surface area contributed by atoms with Crippen molar-refractivity contribution < 1.29 is 0 Å². The maximum Gasteiger partial charge on any atom is 0.220 e. The molecule has 0 saturated carbocycles. The minimum absolute atomic E-state index is 0.769. The number of aromatic nitrogens is 3. The summed E-state index contributed by atoms with van der Waals surface area (Å²) in [5.74, 6) is 0.905. The Morgan fingerprint density at radius 1 is 0.700 bits per heavy atom. The highest BCUT2D eigenvalue weighted by Gasteiger charge is 2.21. The van der Waals surface area contributed by atoms with Crippen LogP contribution in [0.2, 0.25) is 0 Å². The van der Waals surface area contributed by atoms with Gasteiger partial charge in [0.1, 0.15) is 7.85 Å². The standard InChI is InChI=1S/C26H18BN3/c1-17-9-2-6-14-22(17)30-25-19(18-10-3-4-12-20(18)27)11-8-16-24(25)29-23-15-7-5-13-21(23)28-26(29)30/h2-16H,1H3. The van der Waals surface area contributed by atoms with E-state index in [1.54, 1.807) is 0 Å². The molecule has 0 spiro atoms. The molecule has 0 unspecified atom stereocenters. The smallest absolute Gasteiger partial charge is 0.220 e. The van der Waals surface area contributed by atoms with Crippen molar-refractivity contribution >= 4 is 41.2 Å². The van der Waals surface area contributed by atoms with Gasteiger partial charge in [-0.15, -0.1) is 0 Å². The van der Waals surface area contributed by atoms with Crippen molar-refractivity contribution in [2.75, 3.05) is 0 Å². The van der Waals surface area contributed by atoms with Gasteiger partial charge in [-0.1, -0.05) is 72.2 Å². The number of rotatable bonds is 2. The van der Waals surface area contributed by atoms with Gasteiger partial charge in [-0.25, -0.2) is 4.98 Å². The van der Waals surface area contributed by atoms with Gasteiger partial charge in [-0.2, -0.15) is 0 Å². The first kappa shape index (κ1) is 17.1. The molecule has 6 rings (SSSR count). The maximum atomic E-state index is 6.39. The Bertz CT molecular complexity index is 1570. The Labute approximate surface area is 175 Å². The van der Waals surface area contributed by atoms with Crippen molar-refractivity contribution in [2.24, 2.45) is 0 Å². The normalized spacial score (nSPS) is 11.6. The molecule has 0 saturated heterocycles. The Morgan fingerprint density at radius 3 is 2.27 bits per heavy atom. The number of para-hydroxylation sites is 4. The number of fused-ring (bicyclic) bond motifs is 5. The van der Waals surface area contributed by atoms with Crippen LogP contribution in [0.4, 0.5) is 0 Å². The van der Waals surface area contributed by atoms with Gasteiger partial charge in [-0.3, -0.25) is 8.97 Å². The lowest BCUT2D eigenvalue weighted by Gasteiger charge is -2.13. The number of benzene rings is 4. The topological polar surface area (TPSA) is 22.2 Å². The third kappa shape index (κ3) is 2.31. The fraction of sp³-hybridized carbons (Fsp3) is 0.0385. The summed E-state index contributed by atoms with van der Waals surface area (Å²) in [7, 11) is 6.39. The fourth-order valence-electron chi connectivity index (χ4n) is 4.45. The van der Waals surface area contributed by atoms with Crippen LogP contribution in [0.25, 0.3) is 44.7 Å². The molecule has 0 aliphatic heterocycles. The van der Waals surface area contributed by atoms with Crippen LogP contribution in [0.15, 0.2) is 91.0 Å². The highest BCUT2D eigenvalue weighted by Crippen LogP contribution is 2.35. The molecule has 2 aromatic heterocycles. The lowest BCUT2D eigenvalue weighted by molar-refractivity contribution is 1.09. The summed E-state index contributed by atoms with van der Waals surface area (Å²) in [6.07, 6.45) is 0. The van der Waals surface area contributed by atoms with Gasteiger partial charge in [0.05, 0.1) is 27.8 Å². The summed E-state index contributed by atoms with van der Waals surface area (Å²) in [5.41, 5.74) is 9.52. The molecule has 4 aromatic carbocycles. The lowest BCUT2D eigenvalue weighted by atomic mass is 9.87. The highest BCUT2D eigenvalue weighted by molar-refractivity contribution is 6.36. The van der Waals surface area contributed by atoms with Crippen LogP contribution in [0.5, 0.6) is 0 Å². The SMILES string of the molecule is [B]c1ccccc1-c1cccc2c1n(-c1ccccc1C)c1nc3ccccc3n21. The largest absolute Gasteiger partial charge is 0.277 e. The Hall–Kier alpha value is -3.79. The van der Waals surface area contributed by atoms with Gasteiger partial charge < -0.3 is 0 Å². The zero-order valence-electron chi connectivity index (χ0n) is 16.6. The van der Waals surface area contributed by atoms with E-state index < -0.39 is 0 Å². The average Bonchev–Trinajstić information content (AvgIpc) is 3.29. The zero-order valence-corrected chi connectivity index (χ0v) is 16.6. The summed E-state index contributed by atoms with van der Waals surface area (Å²) in [6.45, 7) is 2.14. The lowest BCUT2D eigenvalue weighted by Crippen LogP contribution is -2.07. The van der Waals surface area contributed by atoms with E-state index >= 15 is 0 Å². The molecule has 0 N–H and O–H groups in total. The second-order valence-electron chi connectivity index (χ2n) is 7.62. The van der Waals surface area contributed by atoms with Gasteiger partial charge in [0.2, 0.25) is 5.78 Å². The molecular formula is C26H18BN3. The van der Waals surface area contributed by atoms with Crippen LogP contribution in [0.3, 0.4) is 0 Å². The first-order valence-corrected chi connectivity index (χ1v) is 10.1. The predicted molar refractivity (Wildman–Crippen MR) is 125 cm³/mol. The summed E-state index contributed by atoms with van der Waals surface area (Å²) in [6, 6.07) is 31.2. The molecule has 0 aliphatic carbocycles. The molecule has 140 valence electrons. The van der Waals surface area contributed by atoms with E-state index in [1.165, 1.54) is 5.56 Å². The van der Waals surface area contributed by atoms with Crippen molar-refractivity contribution in [1.82, 2.24) is 14.0 Å². The molecule has 0 amide bonds. The quantitative estimate of drug-likeness (QED) is 0.377. The van der Waals surface area contributed by atoms with E-state index in [0.29, 0.717) is 0 Å². The molecule has 3 nitrogen and oxygen atoms in total. The van der Waals surface area contributed by atoms with E-state index in [0.717, 1.165) is 50.1 Å². The number of imidazole rings is 2. The van der Waals surface area contributed by atoms with Crippen molar-refractivity contribution in [3.63, 3.8) is 0 Å². The van der Waals surface area contributed by atoms with Crippen LogP contribution in [0, 0.1) is 6.92 Å². The predicted octanol–water partition coefficient (Wildman–Crippen LogP) is 5.20. The van der Waals surface area contributed by atoms with E-state index in [9.17, 15) is 0 Å². The summed E-state index contributed by atoms with van der Waals surface area (Å²) >= 11 is 0. The zero-order chi connectivity index (χ0) is 20.2. The van der Waals surface area contributed by atoms with Gasteiger partial charge in [-0.05, 0) is 42.3 Å². The number of hydrogen-bond donors (Lipinski definition) is 0. The van der Waals surface area contributed by atoms with E-state index in [2.05, 4.69) is 82.6 Å². The number of nitrogens with zero attached hydrogens (tertiary/aromatic N) is 3. The molecule has 0 atom stereocenters. The molecular weight excluding hydrogens is 365 g/mol. The van der Waals surface area contributed by atoms with E-state index in [-0.39, 0.29) is 0 Å². The van der Waals surface area contributed by atoms with Gasteiger partial charge in [0, 0.05) is 5.56 Å². The Morgan fingerprint density at radius 2 is 1.40 bits per heavy atom. The molecule has 2 radical (unpaired) electrons. The first-order valence-electron chi connectivity index (χ1n) is 10.1. The van der Waals surface area contributed by atoms with Gasteiger partial charge >= 0.3 is 0 Å². The van der Waals surface area contributed by atoms with Gasteiger partial charge in [0.25, 0.3) is 0 Å². The molecule has 0 fully saturated rings. The van der Waals surface area contributed by atoms with Gasteiger partial charge in [0.15, 0.2) is 0 Å². The van der Waals surface area contributed by atoms with Crippen LogP contribution in [-0.4, -0.2) is 21.8 Å². The average molecular weight is 383 g/mol. The van der Waals surface area contributed by atoms with Crippen molar-refractivity contribution in [2.45, 2.75) is 6.92 Å². The monoisotopic (exact) mass is 383 g/mol. The van der Waals surface area contributed by atoms with Crippen LogP contribution in [0.1, 0.15) is 5.56 Å². The Balaban J connectivity index is 1.88. The minimum atomic E-state index is 0.769. The van der Waals surface area contributed by atoms with E-state index in [4.69, 9.17) is 12.8 Å². The maximum absolute atomic E-state index is 6.39. The summed E-state index contributed by atoms with van der Waals surface area (Å²) in [4.78, 5) is 5.02. The third-order valence-electron chi connectivity index (χ3n) is 5.83. The second-order valence-corrected chi connectivity index (χ2v) is 7.62. The molecule has 0 aliphatic rings. The molecule has 0 bridgehead atoms. The van der Waals surface area contributed by atoms with E-state index in [1.807, 2.05) is 24.3 Å². The molecule has 2 heterocycles. The van der Waals surface area contributed by atoms with Crippen LogP contribution < -0.4 is 5.46 Å². The fourth-order valence-corrected chi connectivity index (χ4v) is 4.45.